The first-order valence-electron chi connectivity index (χ1n) is 7.90. The number of hydrogen-bond acceptors (Lipinski definition) is 5. The molecule has 2 aromatic carbocycles. The Labute approximate surface area is 151 Å². The predicted molar refractivity (Wildman–Crippen MR) is 97.0 cm³/mol. The second-order valence-electron chi connectivity index (χ2n) is 5.74. The molecule has 2 atom stereocenters. The molecule has 0 spiro atoms. The van der Waals surface area contributed by atoms with Crippen molar-refractivity contribution in [2.45, 2.75) is 18.5 Å². The van der Waals surface area contributed by atoms with Gasteiger partial charge in [-0.2, -0.15) is 0 Å². The van der Waals surface area contributed by atoms with Gasteiger partial charge in [-0.05, 0) is 18.1 Å². The number of hydrogen-bond donors (Lipinski definition) is 3. The molecule has 1 fully saturated rings. The number of rotatable bonds is 5. The van der Waals surface area contributed by atoms with Crippen molar-refractivity contribution in [3.63, 3.8) is 0 Å². The first-order chi connectivity index (χ1) is 12.1. The van der Waals surface area contributed by atoms with Crippen molar-refractivity contribution in [3.8, 4) is 11.5 Å². The third-order valence-electron chi connectivity index (χ3n) is 4.12. The average molecular weight is 362 g/mol. The van der Waals surface area contributed by atoms with Crippen LogP contribution in [0.5, 0.6) is 11.5 Å². The van der Waals surface area contributed by atoms with Crippen LogP contribution in [0.15, 0.2) is 42.5 Å². The smallest absolute Gasteiger partial charge is 0.242 e. The van der Waals surface area contributed by atoms with Crippen molar-refractivity contribution in [3.05, 3.63) is 53.1 Å². The fraction of sp³-hybridized carbons (Fsp3) is 0.278. The topological polar surface area (TPSA) is 71.6 Å². The van der Waals surface area contributed by atoms with Gasteiger partial charge in [-0.3, -0.25) is 4.79 Å². The van der Waals surface area contributed by atoms with Crippen molar-refractivity contribution < 1.29 is 14.3 Å². The average Bonchev–Trinajstić information content (AvgIpc) is 3.11. The van der Waals surface area contributed by atoms with E-state index in [2.05, 4.69) is 16.2 Å². The molecule has 1 aliphatic rings. The summed E-state index contributed by atoms with van der Waals surface area (Å²) in [4.78, 5) is 12.5. The second kappa shape index (κ2) is 7.74. The van der Waals surface area contributed by atoms with E-state index in [0.29, 0.717) is 28.6 Å². The van der Waals surface area contributed by atoms with E-state index < -0.39 is 0 Å². The second-order valence-corrected chi connectivity index (χ2v) is 6.15. The number of halogens is 1. The molecule has 0 saturated carbocycles. The molecule has 3 rings (SSSR count). The standard InChI is InChI=1S/C18H20ClN3O3/c1-24-12-7-11(8-13(9-12)25-2)20-18(23)17-10-16(21-22-17)14-5-3-4-6-15(14)19/h3-9,16-17,21-22H,10H2,1-2H3,(H,20,23). The lowest BCUT2D eigenvalue weighted by molar-refractivity contribution is -0.117. The molecule has 2 unspecified atom stereocenters. The van der Waals surface area contributed by atoms with Gasteiger partial charge >= 0.3 is 0 Å². The molecule has 3 N–H and O–H groups in total. The number of carbonyl (C=O) groups is 1. The quantitative estimate of drug-likeness (QED) is 0.763. The molecule has 132 valence electrons. The third kappa shape index (κ3) is 4.04. The highest BCUT2D eigenvalue weighted by molar-refractivity contribution is 6.31. The number of hydrazine groups is 1. The molecule has 25 heavy (non-hydrogen) atoms. The highest BCUT2D eigenvalue weighted by Crippen LogP contribution is 2.29. The molecule has 1 heterocycles. The van der Waals surface area contributed by atoms with Crippen LogP contribution in [0, 0.1) is 0 Å². The summed E-state index contributed by atoms with van der Waals surface area (Å²) in [7, 11) is 3.13. The molecule has 7 heteroatoms. The molecule has 0 radical (unpaired) electrons. The van der Waals surface area contributed by atoms with Crippen molar-refractivity contribution >= 4 is 23.2 Å². The van der Waals surface area contributed by atoms with Crippen molar-refractivity contribution in [2.75, 3.05) is 19.5 Å². The molecule has 0 aliphatic carbocycles. The predicted octanol–water partition coefficient (Wildman–Crippen LogP) is 2.90. The molecule has 1 saturated heterocycles. The monoisotopic (exact) mass is 361 g/mol. The minimum absolute atomic E-state index is 0.0238. The van der Waals surface area contributed by atoms with Crippen molar-refractivity contribution in [1.82, 2.24) is 10.9 Å². The van der Waals surface area contributed by atoms with Gasteiger partial charge in [0.1, 0.15) is 17.5 Å². The maximum atomic E-state index is 12.5. The Morgan fingerprint density at radius 3 is 2.44 bits per heavy atom. The third-order valence-corrected chi connectivity index (χ3v) is 4.46. The van der Waals surface area contributed by atoms with Gasteiger partial charge in [0.05, 0.1) is 14.2 Å². The Balaban J connectivity index is 1.68. The largest absolute Gasteiger partial charge is 0.497 e. The van der Waals surface area contributed by atoms with E-state index >= 15 is 0 Å². The van der Waals surface area contributed by atoms with Gasteiger partial charge in [0.15, 0.2) is 0 Å². The lowest BCUT2D eigenvalue weighted by Crippen LogP contribution is -2.39. The molecule has 0 aromatic heterocycles. The van der Waals surface area contributed by atoms with E-state index in [0.717, 1.165) is 5.56 Å². The number of methoxy groups -OCH3 is 2. The Bertz CT molecular complexity index is 747. The van der Waals surface area contributed by atoms with Crippen LogP contribution in [0.25, 0.3) is 0 Å². The van der Waals surface area contributed by atoms with Crippen LogP contribution in [0.1, 0.15) is 18.0 Å². The van der Waals surface area contributed by atoms with Crippen LogP contribution in [0.2, 0.25) is 5.02 Å². The van der Waals surface area contributed by atoms with Gasteiger partial charge in [-0.25, -0.2) is 10.9 Å². The number of nitrogens with one attached hydrogen (secondary N) is 3. The van der Waals surface area contributed by atoms with E-state index in [1.54, 1.807) is 32.4 Å². The minimum atomic E-state index is -0.376. The van der Waals surface area contributed by atoms with E-state index in [4.69, 9.17) is 21.1 Å². The lowest BCUT2D eigenvalue weighted by atomic mass is 10.0. The summed E-state index contributed by atoms with van der Waals surface area (Å²) in [5.74, 6) is 1.08. The van der Waals surface area contributed by atoms with Gasteiger partial charge in [-0.1, -0.05) is 29.8 Å². The number of amides is 1. The molecule has 0 bridgehead atoms. The maximum absolute atomic E-state index is 12.5. The fourth-order valence-electron chi connectivity index (χ4n) is 2.80. The van der Waals surface area contributed by atoms with Gasteiger partial charge in [0.2, 0.25) is 5.91 Å². The summed E-state index contributed by atoms with van der Waals surface area (Å²) in [6.45, 7) is 0. The van der Waals surface area contributed by atoms with Crippen LogP contribution in [0.3, 0.4) is 0 Å². The molecule has 1 amide bonds. The normalized spacial score (nSPS) is 19.5. The SMILES string of the molecule is COc1cc(NC(=O)C2CC(c3ccccc3Cl)NN2)cc(OC)c1. The van der Waals surface area contributed by atoms with E-state index in [1.165, 1.54) is 0 Å². The lowest BCUT2D eigenvalue weighted by Gasteiger charge is -2.13. The van der Waals surface area contributed by atoms with Crippen LogP contribution in [0.4, 0.5) is 5.69 Å². The molecule has 2 aromatic rings. The van der Waals surface area contributed by atoms with Gasteiger partial charge in [0.25, 0.3) is 0 Å². The summed E-state index contributed by atoms with van der Waals surface area (Å²) < 4.78 is 10.4. The Hall–Kier alpha value is -2.28. The number of carbonyl (C=O) groups excluding carboxylic acids is 1. The summed E-state index contributed by atoms with van der Waals surface area (Å²) in [6, 6.07) is 12.4. The fourth-order valence-corrected chi connectivity index (χ4v) is 3.07. The van der Waals surface area contributed by atoms with Crippen LogP contribution in [-0.2, 0) is 4.79 Å². The van der Waals surface area contributed by atoms with Gasteiger partial charge < -0.3 is 14.8 Å². The van der Waals surface area contributed by atoms with E-state index in [9.17, 15) is 4.79 Å². The summed E-state index contributed by atoms with van der Waals surface area (Å²) >= 11 is 6.23. The molecular weight excluding hydrogens is 342 g/mol. The molecule has 1 aliphatic heterocycles. The Morgan fingerprint density at radius 1 is 1.12 bits per heavy atom. The zero-order chi connectivity index (χ0) is 17.8. The van der Waals surface area contributed by atoms with Crippen LogP contribution < -0.4 is 25.6 Å². The highest BCUT2D eigenvalue weighted by Gasteiger charge is 2.31. The Kier molecular flexibility index (Phi) is 5.43. The number of benzene rings is 2. The van der Waals surface area contributed by atoms with Gasteiger partial charge in [0, 0.05) is 35.0 Å². The number of ether oxygens (including phenoxy) is 2. The zero-order valence-corrected chi connectivity index (χ0v) is 14.8. The minimum Gasteiger partial charge on any atom is -0.497 e. The summed E-state index contributed by atoms with van der Waals surface area (Å²) in [5.41, 5.74) is 7.74. The zero-order valence-electron chi connectivity index (χ0n) is 14.0. The first-order valence-corrected chi connectivity index (χ1v) is 8.28. The number of anilines is 1. The molecular formula is C18H20ClN3O3. The van der Waals surface area contributed by atoms with Crippen LogP contribution >= 0.6 is 11.6 Å². The van der Waals surface area contributed by atoms with Gasteiger partial charge in [-0.15, -0.1) is 0 Å². The van der Waals surface area contributed by atoms with Crippen molar-refractivity contribution in [1.29, 1.82) is 0 Å². The summed E-state index contributed by atoms with van der Waals surface area (Å²) in [5, 5.41) is 3.57. The van der Waals surface area contributed by atoms with E-state index in [1.807, 2.05) is 24.3 Å². The molecule has 6 nitrogen and oxygen atoms in total. The van der Waals surface area contributed by atoms with Crippen molar-refractivity contribution in [2.24, 2.45) is 0 Å². The highest BCUT2D eigenvalue weighted by atomic mass is 35.5. The van der Waals surface area contributed by atoms with E-state index in [-0.39, 0.29) is 18.0 Å². The Morgan fingerprint density at radius 2 is 1.80 bits per heavy atom. The first kappa shape index (κ1) is 17.5. The summed E-state index contributed by atoms with van der Waals surface area (Å²) in [6.07, 6.45) is 0.594. The van der Waals surface area contributed by atoms with Crippen LogP contribution in [-0.4, -0.2) is 26.2 Å². The maximum Gasteiger partial charge on any atom is 0.242 e.